The molecule has 0 saturated carbocycles. The molecule has 0 amide bonds. The normalized spacial score (nSPS) is 22.3. The van der Waals surface area contributed by atoms with E-state index in [4.69, 9.17) is 0 Å². The average Bonchev–Trinajstić information content (AvgIpc) is 2.53. The maximum Gasteiger partial charge on any atom is 0.146 e. The predicted octanol–water partition coefficient (Wildman–Crippen LogP) is 1.40. The molecule has 1 heterocycles. The molecule has 0 spiro atoms. The first-order valence-corrected chi connectivity index (χ1v) is 4.45. The minimum absolute atomic E-state index is 0.211. The summed E-state index contributed by atoms with van der Waals surface area (Å²) in [5.41, 5.74) is 0.596. The van der Waals surface area contributed by atoms with Gasteiger partial charge in [-0.15, -0.1) is 0 Å². The number of para-hydroxylation sites is 1. The van der Waals surface area contributed by atoms with Crippen LogP contribution in [0.15, 0.2) is 24.3 Å². The molecule has 2 nitrogen and oxygen atoms in total. The van der Waals surface area contributed by atoms with Gasteiger partial charge in [-0.2, -0.15) is 0 Å². The zero-order valence-corrected chi connectivity index (χ0v) is 7.28. The van der Waals surface area contributed by atoms with Crippen LogP contribution in [0, 0.1) is 5.82 Å². The molecule has 1 aliphatic rings. The van der Waals surface area contributed by atoms with Crippen LogP contribution in [0.4, 0.5) is 10.1 Å². The third-order valence-corrected chi connectivity index (χ3v) is 2.36. The third-order valence-electron chi connectivity index (χ3n) is 2.36. The number of benzene rings is 1. The van der Waals surface area contributed by atoms with E-state index in [-0.39, 0.29) is 11.9 Å². The zero-order valence-electron chi connectivity index (χ0n) is 7.28. The molecule has 0 unspecified atom stereocenters. The van der Waals surface area contributed by atoms with Gasteiger partial charge in [-0.1, -0.05) is 12.1 Å². The van der Waals surface area contributed by atoms with E-state index in [1.807, 2.05) is 11.0 Å². The third kappa shape index (κ3) is 1.65. The number of hydrogen-bond donors (Lipinski definition) is 1. The lowest BCUT2D eigenvalue weighted by molar-refractivity contribution is 0.198. The van der Waals surface area contributed by atoms with E-state index in [9.17, 15) is 9.50 Å². The molecule has 1 aromatic carbocycles. The molecule has 0 bridgehead atoms. The molecule has 1 saturated heterocycles. The first-order valence-electron chi connectivity index (χ1n) is 4.45. The minimum Gasteiger partial charge on any atom is -0.391 e. The van der Waals surface area contributed by atoms with E-state index in [2.05, 4.69) is 0 Å². The molecule has 0 aliphatic carbocycles. The summed E-state index contributed by atoms with van der Waals surface area (Å²) in [6.07, 6.45) is 0.425. The minimum atomic E-state index is -0.306. The Morgan fingerprint density at radius 3 is 2.77 bits per heavy atom. The van der Waals surface area contributed by atoms with Gasteiger partial charge < -0.3 is 10.0 Å². The summed E-state index contributed by atoms with van der Waals surface area (Å²) in [6, 6.07) is 6.67. The van der Waals surface area contributed by atoms with Crippen molar-refractivity contribution < 1.29 is 9.50 Å². The van der Waals surface area contributed by atoms with E-state index in [0.29, 0.717) is 12.2 Å². The van der Waals surface area contributed by atoms with Crippen molar-refractivity contribution in [1.82, 2.24) is 0 Å². The maximum absolute atomic E-state index is 13.2. The Morgan fingerprint density at radius 2 is 2.15 bits per heavy atom. The van der Waals surface area contributed by atoms with Gasteiger partial charge in [0.1, 0.15) is 5.82 Å². The SMILES string of the molecule is O[C@@H]1CCN(c2ccccc2F)C1. The summed E-state index contributed by atoms with van der Waals surface area (Å²) in [4.78, 5) is 1.88. The van der Waals surface area contributed by atoms with Crippen molar-refractivity contribution in [2.75, 3.05) is 18.0 Å². The fourth-order valence-corrected chi connectivity index (χ4v) is 1.67. The number of hydrogen-bond acceptors (Lipinski definition) is 2. The van der Waals surface area contributed by atoms with Crippen LogP contribution in [0.2, 0.25) is 0 Å². The number of aliphatic hydroxyl groups excluding tert-OH is 1. The van der Waals surface area contributed by atoms with E-state index >= 15 is 0 Å². The van der Waals surface area contributed by atoms with Gasteiger partial charge in [0.15, 0.2) is 0 Å². The number of aliphatic hydroxyl groups is 1. The van der Waals surface area contributed by atoms with Crippen molar-refractivity contribution in [2.24, 2.45) is 0 Å². The zero-order chi connectivity index (χ0) is 9.26. The lowest BCUT2D eigenvalue weighted by Gasteiger charge is -2.17. The maximum atomic E-state index is 13.2. The van der Waals surface area contributed by atoms with Gasteiger partial charge in [0.2, 0.25) is 0 Å². The number of rotatable bonds is 1. The Kier molecular flexibility index (Phi) is 2.19. The number of halogens is 1. The first kappa shape index (κ1) is 8.51. The summed E-state index contributed by atoms with van der Waals surface area (Å²) in [5.74, 6) is -0.211. The highest BCUT2D eigenvalue weighted by Crippen LogP contribution is 2.22. The van der Waals surface area contributed by atoms with Crippen LogP contribution in [-0.4, -0.2) is 24.3 Å². The smallest absolute Gasteiger partial charge is 0.146 e. The summed E-state index contributed by atoms with van der Waals surface area (Å²) in [5, 5.41) is 9.29. The number of nitrogens with zero attached hydrogens (tertiary/aromatic N) is 1. The molecule has 3 heteroatoms. The predicted molar refractivity (Wildman–Crippen MR) is 49.2 cm³/mol. The summed E-state index contributed by atoms with van der Waals surface area (Å²) in [7, 11) is 0. The van der Waals surface area contributed by atoms with Crippen LogP contribution < -0.4 is 4.90 Å². The second-order valence-electron chi connectivity index (χ2n) is 3.34. The van der Waals surface area contributed by atoms with Gasteiger partial charge in [0.25, 0.3) is 0 Å². The van der Waals surface area contributed by atoms with Gasteiger partial charge >= 0.3 is 0 Å². The molecule has 13 heavy (non-hydrogen) atoms. The molecule has 0 radical (unpaired) electrons. The molecular formula is C10H12FNO. The number of β-amino-alcohol motifs (C(OH)–C–C–N with tert-alkyl or cyclic N) is 1. The van der Waals surface area contributed by atoms with E-state index < -0.39 is 0 Å². The molecular weight excluding hydrogens is 169 g/mol. The summed E-state index contributed by atoms with van der Waals surface area (Å²) >= 11 is 0. The Balaban J connectivity index is 2.21. The van der Waals surface area contributed by atoms with Gasteiger partial charge in [-0.3, -0.25) is 0 Å². The molecule has 0 aromatic heterocycles. The Labute approximate surface area is 76.6 Å². The van der Waals surface area contributed by atoms with Crippen LogP contribution in [0.5, 0.6) is 0 Å². The van der Waals surface area contributed by atoms with Crippen molar-refractivity contribution in [3.8, 4) is 0 Å². The van der Waals surface area contributed by atoms with Crippen LogP contribution >= 0.6 is 0 Å². The lowest BCUT2D eigenvalue weighted by Crippen LogP contribution is -2.21. The van der Waals surface area contributed by atoms with Crippen molar-refractivity contribution in [3.63, 3.8) is 0 Å². The molecule has 1 fully saturated rings. The van der Waals surface area contributed by atoms with Crippen molar-refractivity contribution in [3.05, 3.63) is 30.1 Å². The Morgan fingerprint density at radius 1 is 1.38 bits per heavy atom. The molecule has 1 aromatic rings. The lowest BCUT2D eigenvalue weighted by atomic mass is 10.3. The first-order chi connectivity index (χ1) is 6.27. The molecule has 1 aliphatic heterocycles. The topological polar surface area (TPSA) is 23.5 Å². The highest BCUT2D eigenvalue weighted by atomic mass is 19.1. The molecule has 2 rings (SSSR count). The number of anilines is 1. The van der Waals surface area contributed by atoms with Crippen molar-refractivity contribution >= 4 is 5.69 Å². The molecule has 70 valence electrons. The van der Waals surface area contributed by atoms with Crippen molar-refractivity contribution in [2.45, 2.75) is 12.5 Å². The monoisotopic (exact) mass is 181 g/mol. The average molecular weight is 181 g/mol. The summed E-state index contributed by atoms with van der Waals surface area (Å²) < 4.78 is 13.2. The highest BCUT2D eigenvalue weighted by Gasteiger charge is 2.21. The van der Waals surface area contributed by atoms with E-state index in [1.165, 1.54) is 6.07 Å². The van der Waals surface area contributed by atoms with Gasteiger partial charge in [-0.25, -0.2) is 4.39 Å². The van der Waals surface area contributed by atoms with Gasteiger partial charge in [0.05, 0.1) is 11.8 Å². The Bertz CT molecular complexity index is 303. The largest absolute Gasteiger partial charge is 0.391 e. The van der Waals surface area contributed by atoms with E-state index in [1.54, 1.807) is 12.1 Å². The summed E-state index contributed by atoms with van der Waals surface area (Å²) in [6.45, 7) is 1.28. The second kappa shape index (κ2) is 3.34. The quantitative estimate of drug-likeness (QED) is 0.707. The Hall–Kier alpha value is -1.09. The standard InChI is InChI=1S/C10H12FNO/c11-9-3-1-2-4-10(9)12-6-5-8(13)7-12/h1-4,8,13H,5-7H2/t8-/m1/s1. The van der Waals surface area contributed by atoms with E-state index in [0.717, 1.165) is 13.0 Å². The second-order valence-corrected chi connectivity index (χ2v) is 3.34. The van der Waals surface area contributed by atoms with Crippen LogP contribution in [0.25, 0.3) is 0 Å². The van der Waals surface area contributed by atoms with Crippen molar-refractivity contribution in [1.29, 1.82) is 0 Å². The van der Waals surface area contributed by atoms with Crippen LogP contribution in [0.3, 0.4) is 0 Å². The van der Waals surface area contributed by atoms with Gasteiger partial charge in [0, 0.05) is 13.1 Å². The van der Waals surface area contributed by atoms with Gasteiger partial charge in [-0.05, 0) is 18.6 Å². The molecule has 1 N–H and O–H groups in total. The molecule has 1 atom stereocenters. The fraction of sp³-hybridized carbons (Fsp3) is 0.400. The van der Waals surface area contributed by atoms with Crippen LogP contribution in [-0.2, 0) is 0 Å². The fourth-order valence-electron chi connectivity index (χ4n) is 1.67. The van der Waals surface area contributed by atoms with Crippen LogP contribution in [0.1, 0.15) is 6.42 Å². The highest BCUT2D eigenvalue weighted by molar-refractivity contribution is 5.48.